The van der Waals surface area contributed by atoms with Crippen LogP contribution in [-0.4, -0.2) is 32.2 Å². The van der Waals surface area contributed by atoms with Crippen molar-refractivity contribution in [1.29, 1.82) is 0 Å². The van der Waals surface area contributed by atoms with Crippen molar-refractivity contribution in [1.82, 2.24) is 25.1 Å². The molecule has 1 amide bonds. The quantitative estimate of drug-likeness (QED) is 0.690. The molecule has 0 unspecified atom stereocenters. The van der Waals surface area contributed by atoms with Crippen molar-refractivity contribution >= 4 is 11.6 Å². The Hall–Kier alpha value is -3.36. The van der Waals surface area contributed by atoms with Gasteiger partial charge in [0.05, 0.1) is 12.2 Å². The number of nitrogens with one attached hydrogen (secondary N) is 1. The van der Waals surface area contributed by atoms with Gasteiger partial charge in [-0.1, -0.05) is 0 Å². The number of nitrogens with two attached hydrogens (primary N) is 1. The van der Waals surface area contributed by atoms with Gasteiger partial charge in [-0.15, -0.1) is 0 Å². The summed E-state index contributed by atoms with van der Waals surface area (Å²) in [5, 5.41) is 7.08. The molecule has 0 bridgehead atoms. The molecule has 3 heterocycles. The summed E-state index contributed by atoms with van der Waals surface area (Å²) in [7, 11) is 0. The number of amides is 1. The first kappa shape index (κ1) is 15.2. The van der Waals surface area contributed by atoms with Crippen molar-refractivity contribution in [3.63, 3.8) is 0 Å². The molecule has 2 aromatic heterocycles. The number of anilines is 1. The fourth-order valence-corrected chi connectivity index (χ4v) is 2.61. The van der Waals surface area contributed by atoms with Gasteiger partial charge in [0.1, 0.15) is 28.7 Å². The largest absolute Gasteiger partial charge is 0.394 e. The topological polar surface area (TPSA) is 98.7 Å². The van der Waals surface area contributed by atoms with Gasteiger partial charge in [0, 0.05) is 18.3 Å². The van der Waals surface area contributed by atoms with Gasteiger partial charge in [0.25, 0.3) is 5.91 Å². The predicted molar refractivity (Wildman–Crippen MR) is 85.4 cm³/mol. The summed E-state index contributed by atoms with van der Waals surface area (Å²) >= 11 is 0. The summed E-state index contributed by atoms with van der Waals surface area (Å²) in [5.41, 5.74) is 6.25. The highest BCUT2D eigenvalue weighted by atomic mass is 19.1. The minimum Gasteiger partial charge on any atom is -0.394 e. The van der Waals surface area contributed by atoms with Crippen LogP contribution in [0, 0.1) is 11.6 Å². The third-order valence-corrected chi connectivity index (χ3v) is 3.88. The van der Waals surface area contributed by atoms with E-state index in [2.05, 4.69) is 20.4 Å². The second-order valence-electron chi connectivity index (χ2n) is 5.51. The van der Waals surface area contributed by atoms with Crippen molar-refractivity contribution in [2.45, 2.75) is 6.54 Å². The molecular weight excluding hydrogens is 330 g/mol. The molecule has 0 saturated carbocycles. The van der Waals surface area contributed by atoms with E-state index in [1.807, 2.05) is 0 Å². The van der Waals surface area contributed by atoms with Crippen LogP contribution in [0.3, 0.4) is 0 Å². The number of carbonyl (C=O) groups is 1. The van der Waals surface area contributed by atoms with Crippen LogP contribution in [0.5, 0.6) is 0 Å². The van der Waals surface area contributed by atoms with Crippen LogP contribution in [0.15, 0.2) is 30.5 Å². The van der Waals surface area contributed by atoms with Crippen LogP contribution in [0.2, 0.25) is 0 Å². The highest BCUT2D eigenvalue weighted by Crippen LogP contribution is 2.25. The minimum atomic E-state index is -0.877. The molecule has 0 saturated heterocycles. The number of hydrogen-bond donors (Lipinski definition) is 2. The number of halogens is 2. The highest BCUT2D eigenvalue weighted by Gasteiger charge is 2.20. The Balaban J connectivity index is 1.77. The maximum atomic E-state index is 13.7. The number of aromatic nitrogens is 4. The van der Waals surface area contributed by atoms with E-state index in [1.54, 1.807) is 16.8 Å². The van der Waals surface area contributed by atoms with Crippen molar-refractivity contribution in [3.8, 4) is 22.8 Å². The maximum absolute atomic E-state index is 13.7. The van der Waals surface area contributed by atoms with Crippen LogP contribution in [0.25, 0.3) is 22.8 Å². The first-order chi connectivity index (χ1) is 12.0. The van der Waals surface area contributed by atoms with Crippen molar-refractivity contribution in [2.24, 2.45) is 0 Å². The third-order valence-electron chi connectivity index (χ3n) is 3.88. The normalized spacial score (nSPS) is 13.4. The number of nitrogen functional groups attached to an aromatic ring is 1. The first-order valence-electron chi connectivity index (χ1n) is 7.47. The monoisotopic (exact) mass is 342 g/mol. The molecule has 25 heavy (non-hydrogen) atoms. The maximum Gasteiger partial charge on any atom is 0.269 e. The van der Waals surface area contributed by atoms with Gasteiger partial charge in [0.15, 0.2) is 5.82 Å². The van der Waals surface area contributed by atoms with E-state index < -0.39 is 17.3 Å². The van der Waals surface area contributed by atoms with E-state index in [1.165, 1.54) is 6.20 Å². The van der Waals surface area contributed by atoms with Crippen molar-refractivity contribution < 1.29 is 13.6 Å². The van der Waals surface area contributed by atoms with E-state index in [4.69, 9.17) is 5.73 Å². The second kappa shape index (κ2) is 5.62. The molecule has 3 N–H and O–H groups in total. The van der Waals surface area contributed by atoms with E-state index in [9.17, 15) is 13.6 Å². The predicted octanol–water partition coefficient (Wildman–Crippen LogP) is 1.61. The number of benzene rings is 1. The lowest BCUT2D eigenvalue weighted by molar-refractivity contribution is 0.0924. The van der Waals surface area contributed by atoms with E-state index >= 15 is 0 Å². The van der Waals surface area contributed by atoms with Gasteiger partial charge in [-0.05, 0) is 24.3 Å². The summed E-state index contributed by atoms with van der Waals surface area (Å²) in [6, 6.07) is 5.37. The average Bonchev–Trinajstić information content (AvgIpc) is 3.05. The van der Waals surface area contributed by atoms with Crippen LogP contribution in [0.4, 0.5) is 14.5 Å². The smallest absolute Gasteiger partial charge is 0.269 e. The lowest BCUT2D eigenvalue weighted by Gasteiger charge is -2.13. The molecule has 0 radical (unpaired) electrons. The third kappa shape index (κ3) is 2.59. The summed E-state index contributed by atoms with van der Waals surface area (Å²) < 4.78 is 28.9. The SMILES string of the molecule is Nc1c(F)cc(-c2nccc(-c3cc4n(n3)CCNC4=O)n2)cc1F. The number of nitrogens with zero attached hydrogens (tertiary/aromatic N) is 4. The number of hydrogen-bond acceptors (Lipinski definition) is 5. The highest BCUT2D eigenvalue weighted by molar-refractivity contribution is 5.94. The number of fused-ring (bicyclic) bond motifs is 1. The summed E-state index contributed by atoms with van der Waals surface area (Å²) in [6.07, 6.45) is 1.46. The van der Waals surface area contributed by atoms with Crippen LogP contribution in [-0.2, 0) is 6.54 Å². The minimum absolute atomic E-state index is 0.130. The van der Waals surface area contributed by atoms with E-state index in [-0.39, 0.29) is 17.3 Å². The molecular formula is C16H12F2N6O. The fourth-order valence-electron chi connectivity index (χ4n) is 2.61. The average molecular weight is 342 g/mol. The molecule has 9 heteroatoms. The van der Waals surface area contributed by atoms with Gasteiger partial charge in [-0.25, -0.2) is 18.7 Å². The molecule has 0 fully saturated rings. The zero-order valence-electron chi connectivity index (χ0n) is 12.8. The first-order valence-corrected chi connectivity index (χ1v) is 7.47. The molecule has 0 aliphatic carbocycles. The molecule has 0 spiro atoms. The Morgan fingerprint density at radius 1 is 1.16 bits per heavy atom. The van der Waals surface area contributed by atoms with Crippen LogP contribution in [0.1, 0.15) is 10.5 Å². The van der Waals surface area contributed by atoms with E-state index in [0.29, 0.717) is 30.2 Å². The fraction of sp³-hybridized carbons (Fsp3) is 0.125. The second-order valence-corrected chi connectivity index (χ2v) is 5.51. The molecule has 1 aromatic carbocycles. The summed E-state index contributed by atoms with van der Waals surface area (Å²) in [4.78, 5) is 20.2. The van der Waals surface area contributed by atoms with Crippen molar-refractivity contribution in [3.05, 3.63) is 47.8 Å². The van der Waals surface area contributed by atoms with E-state index in [0.717, 1.165) is 12.1 Å². The molecule has 126 valence electrons. The summed E-state index contributed by atoms with van der Waals surface area (Å²) in [5.74, 6) is -1.83. The molecule has 7 nitrogen and oxygen atoms in total. The lowest BCUT2D eigenvalue weighted by atomic mass is 10.1. The number of carbonyl (C=O) groups excluding carboxylic acids is 1. The Bertz CT molecular complexity index is 977. The van der Waals surface area contributed by atoms with Crippen molar-refractivity contribution in [2.75, 3.05) is 12.3 Å². The summed E-state index contributed by atoms with van der Waals surface area (Å²) in [6.45, 7) is 1.07. The molecule has 4 rings (SSSR count). The molecule has 1 aliphatic rings. The number of rotatable bonds is 2. The van der Waals surface area contributed by atoms with Gasteiger partial charge in [-0.2, -0.15) is 5.10 Å². The lowest BCUT2D eigenvalue weighted by Crippen LogP contribution is -2.35. The Labute approximate surface area is 140 Å². The van der Waals surface area contributed by atoms with Gasteiger partial charge in [0.2, 0.25) is 0 Å². The Morgan fingerprint density at radius 3 is 2.64 bits per heavy atom. The molecule has 0 atom stereocenters. The van der Waals surface area contributed by atoms with Crippen LogP contribution >= 0.6 is 0 Å². The Morgan fingerprint density at radius 2 is 1.92 bits per heavy atom. The van der Waals surface area contributed by atoms with Crippen LogP contribution < -0.4 is 11.1 Å². The zero-order valence-corrected chi connectivity index (χ0v) is 12.8. The van der Waals surface area contributed by atoms with Gasteiger partial charge in [-0.3, -0.25) is 9.48 Å². The zero-order chi connectivity index (χ0) is 17.6. The Kier molecular flexibility index (Phi) is 3.41. The standard InChI is InChI=1S/C16H12F2N6O/c17-9-5-8(6-10(18)14(9)19)15-20-2-1-11(22-15)12-7-13-16(25)21-3-4-24(13)23-12/h1-2,5-7H,3-4,19H2,(H,21,25). The van der Waals surface area contributed by atoms with Gasteiger partial charge >= 0.3 is 0 Å². The molecule has 1 aliphatic heterocycles. The molecule has 3 aromatic rings. The van der Waals surface area contributed by atoms with Gasteiger partial charge < -0.3 is 11.1 Å².